The van der Waals surface area contributed by atoms with Crippen molar-refractivity contribution in [1.29, 1.82) is 0 Å². The summed E-state index contributed by atoms with van der Waals surface area (Å²) in [5.41, 5.74) is 2.03. The number of nitrogens with zero attached hydrogens (tertiary/aromatic N) is 1. The van der Waals surface area contributed by atoms with E-state index in [2.05, 4.69) is 17.6 Å². The van der Waals surface area contributed by atoms with Crippen LogP contribution in [0.4, 0.5) is 5.69 Å². The smallest absolute Gasteiger partial charge is 0.244 e. The summed E-state index contributed by atoms with van der Waals surface area (Å²) in [5.74, 6) is -0.0140. The molecule has 0 aliphatic rings. The second-order valence-corrected chi connectivity index (χ2v) is 4.78. The number of aromatic nitrogens is 1. The Morgan fingerprint density at radius 3 is 2.75 bits per heavy atom. The van der Waals surface area contributed by atoms with E-state index in [0.717, 1.165) is 25.2 Å². The van der Waals surface area contributed by atoms with Crippen LogP contribution in [0.2, 0.25) is 0 Å². The van der Waals surface area contributed by atoms with Gasteiger partial charge in [-0.1, -0.05) is 25.1 Å². The van der Waals surface area contributed by atoms with Crippen LogP contribution < -0.4 is 10.6 Å². The highest BCUT2D eigenvalue weighted by Gasteiger charge is 2.04. The average Bonchev–Trinajstić information content (AvgIpc) is 2.87. The molecule has 106 valence electrons. The minimum absolute atomic E-state index is 0.0140. The molecule has 1 aromatic heterocycles. The fraction of sp³-hybridized carbons (Fsp3) is 0.312. The van der Waals surface area contributed by atoms with Gasteiger partial charge >= 0.3 is 0 Å². The molecule has 0 atom stereocenters. The Kier molecular flexibility index (Phi) is 5.38. The van der Waals surface area contributed by atoms with Gasteiger partial charge in [-0.2, -0.15) is 0 Å². The lowest BCUT2D eigenvalue weighted by Gasteiger charge is -2.05. The lowest BCUT2D eigenvalue weighted by Crippen LogP contribution is -2.18. The summed E-state index contributed by atoms with van der Waals surface area (Å²) in [6.45, 7) is 4.34. The van der Waals surface area contributed by atoms with Crippen molar-refractivity contribution in [3.05, 3.63) is 54.4 Å². The van der Waals surface area contributed by atoms with Crippen LogP contribution in [0.15, 0.2) is 48.8 Å². The molecule has 0 radical (unpaired) electrons. The van der Waals surface area contributed by atoms with Gasteiger partial charge in [0.05, 0.1) is 0 Å². The summed E-state index contributed by atoms with van der Waals surface area (Å²) in [5, 5.41) is 6.22. The number of rotatable bonds is 7. The van der Waals surface area contributed by atoms with Gasteiger partial charge in [0, 0.05) is 24.6 Å². The number of hydrogen-bond donors (Lipinski definition) is 2. The van der Waals surface area contributed by atoms with Gasteiger partial charge < -0.3 is 15.2 Å². The maximum Gasteiger partial charge on any atom is 0.244 e. The van der Waals surface area contributed by atoms with Gasteiger partial charge in [-0.25, -0.2) is 0 Å². The average molecular weight is 271 g/mol. The van der Waals surface area contributed by atoms with Crippen molar-refractivity contribution < 1.29 is 4.79 Å². The number of para-hydroxylation sites is 1. The van der Waals surface area contributed by atoms with Crippen LogP contribution in [0.1, 0.15) is 18.9 Å². The molecule has 0 spiro atoms. The molecule has 1 amide bonds. The molecular weight excluding hydrogens is 250 g/mol. The number of nitrogens with one attached hydrogen (secondary N) is 2. The molecule has 0 fully saturated rings. The van der Waals surface area contributed by atoms with Crippen molar-refractivity contribution >= 4 is 11.6 Å². The Labute approximate surface area is 119 Å². The zero-order chi connectivity index (χ0) is 14.2. The monoisotopic (exact) mass is 271 g/mol. The molecular formula is C16H21N3O. The van der Waals surface area contributed by atoms with E-state index >= 15 is 0 Å². The molecule has 2 rings (SSSR count). The lowest BCUT2D eigenvalue weighted by atomic mass is 10.3. The summed E-state index contributed by atoms with van der Waals surface area (Å²) in [4.78, 5) is 11.9. The quantitative estimate of drug-likeness (QED) is 0.760. The molecule has 0 saturated carbocycles. The Bertz CT molecular complexity index is 534. The van der Waals surface area contributed by atoms with Gasteiger partial charge in [-0.15, -0.1) is 0 Å². The molecule has 0 saturated heterocycles. The number of benzene rings is 1. The predicted octanol–water partition coefficient (Wildman–Crippen LogP) is 2.63. The van der Waals surface area contributed by atoms with E-state index in [-0.39, 0.29) is 5.91 Å². The number of anilines is 1. The fourth-order valence-corrected chi connectivity index (χ4v) is 1.99. The Morgan fingerprint density at radius 1 is 1.20 bits per heavy atom. The predicted molar refractivity (Wildman–Crippen MR) is 81.5 cm³/mol. The summed E-state index contributed by atoms with van der Waals surface area (Å²) >= 11 is 0. The van der Waals surface area contributed by atoms with Gasteiger partial charge in [0.25, 0.3) is 0 Å². The fourth-order valence-electron chi connectivity index (χ4n) is 1.99. The molecule has 4 nitrogen and oxygen atoms in total. The van der Waals surface area contributed by atoms with Gasteiger partial charge in [0.15, 0.2) is 0 Å². The highest BCUT2D eigenvalue weighted by Crippen LogP contribution is 2.06. The van der Waals surface area contributed by atoms with Gasteiger partial charge in [0.2, 0.25) is 5.91 Å². The first-order valence-corrected chi connectivity index (χ1v) is 6.98. The molecule has 0 aliphatic carbocycles. The van der Waals surface area contributed by atoms with Crippen LogP contribution in [0.5, 0.6) is 0 Å². The molecule has 0 bridgehead atoms. The maximum absolute atomic E-state index is 11.9. The largest absolute Gasteiger partial charge is 0.345 e. The third-order valence-corrected chi connectivity index (χ3v) is 2.95. The van der Waals surface area contributed by atoms with Crippen LogP contribution in [0.3, 0.4) is 0 Å². The molecule has 2 aromatic rings. The van der Waals surface area contributed by atoms with E-state index in [1.54, 1.807) is 0 Å². The second kappa shape index (κ2) is 7.50. The summed E-state index contributed by atoms with van der Waals surface area (Å²) in [6, 6.07) is 11.5. The van der Waals surface area contributed by atoms with Crippen molar-refractivity contribution in [3.8, 4) is 0 Å². The first kappa shape index (κ1) is 14.3. The summed E-state index contributed by atoms with van der Waals surface area (Å²) in [6.07, 6.45) is 5.07. The Hall–Kier alpha value is -2.07. The van der Waals surface area contributed by atoms with Gasteiger partial charge in [0.1, 0.15) is 6.54 Å². The summed E-state index contributed by atoms with van der Waals surface area (Å²) < 4.78 is 1.90. The van der Waals surface area contributed by atoms with E-state index in [4.69, 9.17) is 0 Å². The first-order chi connectivity index (χ1) is 9.78. The van der Waals surface area contributed by atoms with E-state index in [1.807, 2.05) is 53.4 Å². The first-order valence-electron chi connectivity index (χ1n) is 6.98. The second-order valence-electron chi connectivity index (χ2n) is 4.78. The van der Waals surface area contributed by atoms with E-state index in [0.29, 0.717) is 6.54 Å². The number of amides is 1. The molecule has 4 heteroatoms. The lowest BCUT2D eigenvalue weighted by molar-refractivity contribution is -0.116. The standard InChI is InChI=1S/C16H21N3O/c1-2-9-17-11-14-8-10-19(12-14)13-16(20)18-15-6-4-3-5-7-15/h3-8,10,12,17H,2,9,11,13H2,1H3,(H,18,20). The van der Waals surface area contributed by atoms with Gasteiger partial charge in [-0.3, -0.25) is 4.79 Å². The number of carbonyl (C=O) groups excluding carboxylic acids is 1. The van der Waals surface area contributed by atoms with Crippen molar-refractivity contribution in [3.63, 3.8) is 0 Å². The molecule has 1 aromatic carbocycles. The van der Waals surface area contributed by atoms with Crippen LogP contribution in [-0.2, 0) is 17.9 Å². The highest BCUT2D eigenvalue weighted by atomic mass is 16.1. The zero-order valence-corrected chi connectivity index (χ0v) is 11.8. The normalized spacial score (nSPS) is 10.4. The van der Waals surface area contributed by atoms with Crippen LogP contribution in [0, 0.1) is 0 Å². The Balaban J connectivity index is 1.82. The van der Waals surface area contributed by atoms with Crippen LogP contribution in [0.25, 0.3) is 0 Å². The van der Waals surface area contributed by atoms with Crippen molar-refractivity contribution in [2.75, 3.05) is 11.9 Å². The van der Waals surface area contributed by atoms with Crippen LogP contribution in [-0.4, -0.2) is 17.0 Å². The van der Waals surface area contributed by atoms with Crippen molar-refractivity contribution in [2.24, 2.45) is 0 Å². The van der Waals surface area contributed by atoms with E-state index in [9.17, 15) is 4.79 Å². The van der Waals surface area contributed by atoms with Crippen LogP contribution >= 0.6 is 0 Å². The zero-order valence-electron chi connectivity index (χ0n) is 11.8. The molecule has 0 aliphatic heterocycles. The topological polar surface area (TPSA) is 46.1 Å². The molecule has 20 heavy (non-hydrogen) atoms. The summed E-state index contributed by atoms with van der Waals surface area (Å²) in [7, 11) is 0. The maximum atomic E-state index is 11.9. The number of hydrogen-bond acceptors (Lipinski definition) is 2. The SMILES string of the molecule is CCCNCc1ccn(CC(=O)Nc2ccccc2)c1. The molecule has 2 N–H and O–H groups in total. The van der Waals surface area contributed by atoms with E-state index < -0.39 is 0 Å². The molecule has 0 unspecified atom stereocenters. The minimum Gasteiger partial charge on any atom is -0.345 e. The number of carbonyl (C=O) groups is 1. The Morgan fingerprint density at radius 2 is 2.00 bits per heavy atom. The van der Waals surface area contributed by atoms with Crippen molar-refractivity contribution in [2.45, 2.75) is 26.4 Å². The molecule has 1 heterocycles. The van der Waals surface area contributed by atoms with Gasteiger partial charge in [-0.05, 0) is 36.7 Å². The highest BCUT2D eigenvalue weighted by molar-refractivity contribution is 5.90. The van der Waals surface area contributed by atoms with Crippen molar-refractivity contribution in [1.82, 2.24) is 9.88 Å². The van der Waals surface area contributed by atoms with E-state index in [1.165, 1.54) is 5.56 Å². The third-order valence-electron chi connectivity index (χ3n) is 2.95. The third kappa shape index (κ3) is 4.55. The minimum atomic E-state index is -0.0140.